The lowest BCUT2D eigenvalue weighted by atomic mass is 10.1. The van der Waals surface area contributed by atoms with E-state index in [0.717, 1.165) is 27.5 Å². The summed E-state index contributed by atoms with van der Waals surface area (Å²) < 4.78 is 5.80. The minimum atomic E-state index is 0.498. The molecule has 0 aliphatic rings. The summed E-state index contributed by atoms with van der Waals surface area (Å²) in [6.07, 6.45) is 3.67. The molecule has 1 aromatic heterocycles. The second kappa shape index (κ2) is 6.63. The standard InChI is InChI=1S/C19H16ClNO/c1-14-2-8-19(9-3-14)22-13-15-10-17(12-21-11-15)16-4-6-18(20)7-5-16/h2-12H,13H2,1H3. The van der Waals surface area contributed by atoms with Crippen LogP contribution in [-0.4, -0.2) is 4.98 Å². The monoisotopic (exact) mass is 309 g/mol. The van der Waals surface area contributed by atoms with Gasteiger partial charge >= 0.3 is 0 Å². The van der Waals surface area contributed by atoms with E-state index in [4.69, 9.17) is 16.3 Å². The lowest BCUT2D eigenvalue weighted by Crippen LogP contribution is -1.96. The van der Waals surface area contributed by atoms with E-state index in [1.165, 1.54) is 5.56 Å². The van der Waals surface area contributed by atoms with Crippen molar-refractivity contribution in [3.05, 3.63) is 83.1 Å². The maximum atomic E-state index is 5.92. The van der Waals surface area contributed by atoms with Gasteiger partial charge in [0.15, 0.2) is 0 Å². The third-order valence-corrected chi connectivity index (χ3v) is 3.65. The predicted molar refractivity (Wildman–Crippen MR) is 90.2 cm³/mol. The number of benzene rings is 2. The van der Waals surface area contributed by atoms with Crippen LogP contribution in [-0.2, 0) is 6.61 Å². The topological polar surface area (TPSA) is 22.1 Å². The van der Waals surface area contributed by atoms with Crippen LogP contribution in [0.4, 0.5) is 0 Å². The second-order valence-electron chi connectivity index (χ2n) is 5.19. The molecule has 22 heavy (non-hydrogen) atoms. The molecule has 0 unspecified atom stereocenters. The zero-order valence-electron chi connectivity index (χ0n) is 12.3. The molecule has 110 valence electrons. The second-order valence-corrected chi connectivity index (χ2v) is 5.63. The Hall–Kier alpha value is -2.32. The Balaban J connectivity index is 1.73. The lowest BCUT2D eigenvalue weighted by molar-refractivity contribution is 0.306. The summed E-state index contributed by atoms with van der Waals surface area (Å²) in [5.74, 6) is 0.863. The van der Waals surface area contributed by atoms with E-state index in [2.05, 4.69) is 18.0 Å². The van der Waals surface area contributed by atoms with E-state index in [9.17, 15) is 0 Å². The van der Waals surface area contributed by atoms with Gasteiger partial charge in [0.2, 0.25) is 0 Å². The number of rotatable bonds is 4. The average molecular weight is 310 g/mol. The molecule has 0 bridgehead atoms. The predicted octanol–water partition coefficient (Wildman–Crippen LogP) is 5.29. The summed E-state index contributed by atoms with van der Waals surface area (Å²) >= 11 is 5.92. The Morgan fingerprint density at radius 3 is 2.36 bits per heavy atom. The number of ether oxygens (including phenoxy) is 1. The molecule has 3 aromatic rings. The fourth-order valence-electron chi connectivity index (χ4n) is 2.17. The van der Waals surface area contributed by atoms with E-state index in [-0.39, 0.29) is 0 Å². The molecular formula is C19H16ClNO. The highest BCUT2D eigenvalue weighted by Crippen LogP contribution is 2.22. The molecule has 0 N–H and O–H groups in total. The van der Waals surface area contributed by atoms with Crippen molar-refractivity contribution >= 4 is 11.6 Å². The van der Waals surface area contributed by atoms with Crippen molar-refractivity contribution in [1.29, 1.82) is 0 Å². The quantitative estimate of drug-likeness (QED) is 0.653. The van der Waals surface area contributed by atoms with Gasteiger partial charge in [0.25, 0.3) is 0 Å². The molecule has 3 rings (SSSR count). The molecule has 2 aromatic carbocycles. The summed E-state index contributed by atoms with van der Waals surface area (Å²) in [5, 5.41) is 0.732. The molecule has 2 nitrogen and oxygen atoms in total. The molecule has 0 amide bonds. The number of halogens is 1. The van der Waals surface area contributed by atoms with Gasteiger partial charge in [0, 0.05) is 28.5 Å². The van der Waals surface area contributed by atoms with Gasteiger partial charge in [-0.25, -0.2) is 0 Å². The van der Waals surface area contributed by atoms with E-state index in [1.54, 1.807) is 0 Å². The number of hydrogen-bond donors (Lipinski definition) is 0. The summed E-state index contributed by atoms with van der Waals surface area (Å²) in [6.45, 7) is 2.56. The van der Waals surface area contributed by atoms with Crippen LogP contribution in [0.15, 0.2) is 67.0 Å². The highest BCUT2D eigenvalue weighted by atomic mass is 35.5. The number of hydrogen-bond acceptors (Lipinski definition) is 2. The first kappa shape index (κ1) is 14.6. The first-order valence-electron chi connectivity index (χ1n) is 7.10. The summed E-state index contributed by atoms with van der Waals surface area (Å²) in [4.78, 5) is 4.30. The first-order valence-corrected chi connectivity index (χ1v) is 7.48. The fraction of sp³-hybridized carbons (Fsp3) is 0.105. The van der Waals surface area contributed by atoms with Crippen LogP contribution in [0, 0.1) is 6.92 Å². The maximum absolute atomic E-state index is 5.92. The summed E-state index contributed by atoms with van der Waals surface area (Å²) in [6, 6.07) is 17.9. The zero-order chi connectivity index (χ0) is 15.4. The molecule has 0 saturated carbocycles. The largest absolute Gasteiger partial charge is 0.489 e. The van der Waals surface area contributed by atoms with E-state index in [1.807, 2.05) is 60.9 Å². The average Bonchev–Trinajstić information content (AvgIpc) is 2.55. The van der Waals surface area contributed by atoms with Crippen LogP contribution >= 0.6 is 11.6 Å². The van der Waals surface area contributed by atoms with Crippen LogP contribution < -0.4 is 4.74 Å². The van der Waals surface area contributed by atoms with E-state index < -0.39 is 0 Å². The fourth-order valence-corrected chi connectivity index (χ4v) is 2.29. The van der Waals surface area contributed by atoms with Gasteiger partial charge in [-0.15, -0.1) is 0 Å². The molecular weight excluding hydrogens is 294 g/mol. The molecule has 0 radical (unpaired) electrons. The van der Waals surface area contributed by atoms with Crippen LogP contribution in [0.5, 0.6) is 5.75 Å². The normalized spacial score (nSPS) is 10.5. The smallest absolute Gasteiger partial charge is 0.119 e. The minimum absolute atomic E-state index is 0.498. The van der Waals surface area contributed by atoms with Crippen molar-refractivity contribution in [3.63, 3.8) is 0 Å². The van der Waals surface area contributed by atoms with Gasteiger partial charge in [-0.05, 0) is 42.8 Å². The molecule has 0 aliphatic heterocycles. The molecule has 0 atom stereocenters. The zero-order valence-corrected chi connectivity index (χ0v) is 13.0. The molecule has 1 heterocycles. The SMILES string of the molecule is Cc1ccc(OCc2cncc(-c3ccc(Cl)cc3)c2)cc1. The molecule has 0 spiro atoms. The maximum Gasteiger partial charge on any atom is 0.119 e. The van der Waals surface area contributed by atoms with Crippen molar-refractivity contribution < 1.29 is 4.74 Å². The van der Waals surface area contributed by atoms with Crippen LogP contribution in [0.3, 0.4) is 0 Å². The minimum Gasteiger partial charge on any atom is -0.489 e. The van der Waals surface area contributed by atoms with Gasteiger partial charge in [-0.1, -0.05) is 41.4 Å². The molecule has 0 aliphatic carbocycles. The highest BCUT2D eigenvalue weighted by Gasteiger charge is 2.02. The number of pyridine rings is 1. The Labute approximate surface area is 135 Å². The van der Waals surface area contributed by atoms with Crippen molar-refractivity contribution in [2.24, 2.45) is 0 Å². The molecule has 3 heteroatoms. The Morgan fingerprint density at radius 1 is 0.909 bits per heavy atom. The van der Waals surface area contributed by atoms with Crippen molar-refractivity contribution in [2.45, 2.75) is 13.5 Å². The Bertz CT molecular complexity index is 751. The van der Waals surface area contributed by atoms with Gasteiger partial charge in [0.05, 0.1) is 0 Å². The van der Waals surface area contributed by atoms with Crippen molar-refractivity contribution in [3.8, 4) is 16.9 Å². The third-order valence-electron chi connectivity index (χ3n) is 3.40. The van der Waals surface area contributed by atoms with Crippen LogP contribution in [0.1, 0.15) is 11.1 Å². The van der Waals surface area contributed by atoms with Gasteiger partial charge < -0.3 is 4.74 Å². The van der Waals surface area contributed by atoms with Crippen molar-refractivity contribution in [1.82, 2.24) is 4.98 Å². The van der Waals surface area contributed by atoms with E-state index >= 15 is 0 Å². The van der Waals surface area contributed by atoms with Crippen LogP contribution in [0.25, 0.3) is 11.1 Å². The lowest BCUT2D eigenvalue weighted by Gasteiger charge is -2.08. The van der Waals surface area contributed by atoms with Gasteiger partial charge in [-0.2, -0.15) is 0 Å². The number of aromatic nitrogens is 1. The number of aryl methyl sites for hydroxylation is 1. The van der Waals surface area contributed by atoms with E-state index in [0.29, 0.717) is 6.61 Å². The first-order chi connectivity index (χ1) is 10.7. The Morgan fingerprint density at radius 2 is 1.64 bits per heavy atom. The molecule has 0 fully saturated rings. The summed E-state index contributed by atoms with van der Waals surface area (Å²) in [5.41, 5.74) is 4.41. The van der Waals surface area contributed by atoms with Gasteiger partial charge in [0.1, 0.15) is 12.4 Å². The third kappa shape index (κ3) is 3.66. The van der Waals surface area contributed by atoms with Crippen LogP contribution in [0.2, 0.25) is 5.02 Å². The Kier molecular flexibility index (Phi) is 4.40. The van der Waals surface area contributed by atoms with Crippen molar-refractivity contribution in [2.75, 3.05) is 0 Å². The summed E-state index contributed by atoms with van der Waals surface area (Å²) in [7, 11) is 0. The van der Waals surface area contributed by atoms with Gasteiger partial charge in [-0.3, -0.25) is 4.98 Å². The highest BCUT2D eigenvalue weighted by molar-refractivity contribution is 6.30. The number of nitrogens with zero attached hydrogens (tertiary/aromatic N) is 1. The molecule has 0 saturated heterocycles.